The number of hydrogen-bond donors (Lipinski definition) is 0. The molecule has 0 N–H and O–H groups in total. The molecule has 0 spiro atoms. The predicted octanol–water partition coefficient (Wildman–Crippen LogP) is 5.86. The Kier molecular flexibility index (Phi) is 7.95. The first-order chi connectivity index (χ1) is 18.9. The third-order valence-electron chi connectivity index (χ3n) is 6.35. The first kappa shape index (κ1) is 26.5. The summed E-state index contributed by atoms with van der Waals surface area (Å²) in [6.07, 6.45) is 2.27. The Morgan fingerprint density at radius 1 is 1.03 bits per heavy atom. The van der Waals surface area contributed by atoms with Gasteiger partial charge in [-0.3, -0.25) is 14.2 Å². The molecule has 198 valence electrons. The zero-order chi connectivity index (χ0) is 27.4. The van der Waals surface area contributed by atoms with Gasteiger partial charge in [-0.05, 0) is 47.9 Å². The van der Waals surface area contributed by atoms with Crippen LogP contribution in [0.2, 0.25) is 5.02 Å². The quantitative estimate of drug-likeness (QED) is 0.226. The van der Waals surface area contributed by atoms with E-state index in [9.17, 15) is 9.59 Å². The van der Waals surface area contributed by atoms with E-state index < -0.39 is 0 Å². The van der Waals surface area contributed by atoms with E-state index in [0.717, 1.165) is 16.9 Å². The number of benzene rings is 3. The topological polar surface area (TPSA) is 73.7 Å². The van der Waals surface area contributed by atoms with Crippen molar-refractivity contribution in [2.24, 2.45) is 0 Å². The molecule has 5 rings (SSSR count). The molecule has 2 heterocycles. The summed E-state index contributed by atoms with van der Waals surface area (Å²) in [4.78, 5) is 33.1. The molecule has 1 amide bonds. The number of hydrogen-bond acceptors (Lipinski definition) is 6. The molecule has 0 aliphatic rings. The number of amides is 1. The molecular weight excluding hydrogens is 534 g/mol. The highest BCUT2D eigenvalue weighted by molar-refractivity contribution is 7.22. The number of ether oxygens (including phenoxy) is 2. The molecule has 0 saturated carbocycles. The molecule has 0 saturated heterocycles. The highest BCUT2D eigenvalue weighted by atomic mass is 35.5. The van der Waals surface area contributed by atoms with Crippen molar-refractivity contribution < 1.29 is 14.3 Å². The Labute approximate surface area is 234 Å². The van der Waals surface area contributed by atoms with Crippen molar-refractivity contribution in [2.45, 2.75) is 6.42 Å². The van der Waals surface area contributed by atoms with Gasteiger partial charge in [0.1, 0.15) is 11.0 Å². The van der Waals surface area contributed by atoms with E-state index in [4.69, 9.17) is 21.1 Å². The summed E-state index contributed by atoms with van der Waals surface area (Å²) in [5.74, 6) is 0.679. The minimum absolute atomic E-state index is 0.128. The van der Waals surface area contributed by atoms with Crippen LogP contribution in [0.15, 0.2) is 90.0 Å². The fourth-order valence-corrected chi connectivity index (χ4v) is 5.27. The third kappa shape index (κ3) is 5.97. The number of methoxy groups -OCH3 is 1. The first-order valence-electron chi connectivity index (χ1n) is 12.3. The Bertz CT molecular complexity index is 1670. The Balaban J connectivity index is 1.30. The van der Waals surface area contributed by atoms with Gasteiger partial charge in [0.05, 0.1) is 18.3 Å². The summed E-state index contributed by atoms with van der Waals surface area (Å²) in [6.45, 7) is 0.459. The molecule has 0 radical (unpaired) electrons. The predicted molar refractivity (Wildman–Crippen MR) is 155 cm³/mol. The van der Waals surface area contributed by atoms with Gasteiger partial charge in [-0.2, -0.15) is 0 Å². The van der Waals surface area contributed by atoms with E-state index in [0.29, 0.717) is 39.0 Å². The van der Waals surface area contributed by atoms with Crippen molar-refractivity contribution in [3.63, 3.8) is 0 Å². The normalized spacial score (nSPS) is 10.9. The van der Waals surface area contributed by atoms with E-state index in [1.54, 1.807) is 30.1 Å². The van der Waals surface area contributed by atoms with Crippen LogP contribution in [0.3, 0.4) is 0 Å². The number of rotatable bonds is 9. The third-order valence-corrected chi connectivity index (χ3v) is 7.76. The second kappa shape index (κ2) is 11.7. The van der Waals surface area contributed by atoms with Crippen molar-refractivity contribution in [1.82, 2.24) is 14.5 Å². The van der Waals surface area contributed by atoms with E-state index in [1.807, 2.05) is 60.7 Å². The minimum atomic E-state index is -0.184. The summed E-state index contributed by atoms with van der Waals surface area (Å²) in [5.41, 5.74) is 3.16. The zero-order valence-electron chi connectivity index (χ0n) is 21.5. The number of nitrogens with zero attached hydrogens (tertiary/aromatic N) is 3. The average Bonchev–Trinajstić information content (AvgIpc) is 3.41. The van der Waals surface area contributed by atoms with Crippen LogP contribution in [0.5, 0.6) is 11.5 Å². The van der Waals surface area contributed by atoms with Crippen LogP contribution in [0.1, 0.15) is 5.56 Å². The second-order valence-corrected chi connectivity index (χ2v) is 10.4. The lowest BCUT2D eigenvalue weighted by Gasteiger charge is -2.18. The van der Waals surface area contributed by atoms with Crippen LogP contribution in [0.4, 0.5) is 0 Å². The summed E-state index contributed by atoms with van der Waals surface area (Å²) in [6, 6.07) is 24.5. The van der Waals surface area contributed by atoms with Gasteiger partial charge in [-0.1, -0.05) is 54.1 Å². The van der Waals surface area contributed by atoms with Crippen molar-refractivity contribution in [1.29, 1.82) is 0 Å². The van der Waals surface area contributed by atoms with E-state index in [-0.39, 0.29) is 18.1 Å². The van der Waals surface area contributed by atoms with Gasteiger partial charge in [0.25, 0.3) is 11.5 Å². The van der Waals surface area contributed by atoms with Crippen molar-refractivity contribution in [2.75, 3.05) is 27.3 Å². The molecule has 0 unspecified atom stereocenters. The molecule has 3 aromatic carbocycles. The lowest BCUT2D eigenvalue weighted by atomic mass is 10.1. The Morgan fingerprint density at radius 2 is 1.79 bits per heavy atom. The van der Waals surface area contributed by atoms with Crippen molar-refractivity contribution in [3.8, 4) is 27.6 Å². The van der Waals surface area contributed by atoms with Crippen LogP contribution in [-0.2, 0) is 11.2 Å². The molecular formula is C30H26ClN3O4S. The maximum Gasteiger partial charge on any atom is 0.275 e. The van der Waals surface area contributed by atoms with Crippen molar-refractivity contribution >= 4 is 39.1 Å². The van der Waals surface area contributed by atoms with E-state index >= 15 is 0 Å². The number of aromatic nitrogens is 2. The minimum Gasteiger partial charge on any atom is -0.493 e. The number of thiophene rings is 1. The summed E-state index contributed by atoms with van der Waals surface area (Å²) in [7, 11) is 3.27. The maximum atomic E-state index is 13.4. The van der Waals surface area contributed by atoms with Crippen molar-refractivity contribution in [3.05, 3.63) is 106 Å². The average molecular weight is 560 g/mol. The molecule has 2 aromatic heterocycles. The van der Waals surface area contributed by atoms with Gasteiger partial charge in [0.15, 0.2) is 18.1 Å². The number of likely N-dealkylation sites (N-methyl/N-ethyl adjacent to an activating group) is 1. The molecule has 0 aliphatic heterocycles. The molecule has 0 bridgehead atoms. The first-order valence-corrected chi connectivity index (χ1v) is 13.5. The number of fused-ring (bicyclic) bond motifs is 1. The standard InChI is InChI=1S/C30H26ClN3O4S/c1-33(15-14-20-6-4-3-5-7-20)28(35)18-38-25-13-12-23(16-26(25)37-2)34-19-32-24-17-27(39-29(24)30(34)36)21-8-10-22(31)11-9-21/h3-13,16-17,19H,14-15,18H2,1-2H3. The fourth-order valence-electron chi connectivity index (χ4n) is 4.09. The molecule has 7 nitrogen and oxygen atoms in total. The van der Waals surface area contributed by atoms with E-state index in [2.05, 4.69) is 4.98 Å². The van der Waals surface area contributed by atoms with Crippen LogP contribution in [0.25, 0.3) is 26.3 Å². The van der Waals surface area contributed by atoms with Gasteiger partial charge in [0.2, 0.25) is 0 Å². The van der Waals surface area contributed by atoms with Gasteiger partial charge in [0, 0.05) is 29.6 Å². The maximum absolute atomic E-state index is 13.4. The summed E-state index contributed by atoms with van der Waals surface area (Å²) < 4.78 is 13.3. The largest absolute Gasteiger partial charge is 0.493 e. The molecule has 9 heteroatoms. The number of halogens is 1. The molecule has 39 heavy (non-hydrogen) atoms. The van der Waals surface area contributed by atoms with Gasteiger partial charge in [-0.25, -0.2) is 4.98 Å². The van der Waals surface area contributed by atoms with Crippen LogP contribution in [-0.4, -0.2) is 47.7 Å². The highest BCUT2D eigenvalue weighted by Crippen LogP contribution is 2.33. The molecule has 0 fully saturated rings. The lowest BCUT2D eigenvalue weighted by Crippen LogP contribution is -2.33. The fraction of sp³-hybridized carbons (Fsp3) is 0.167. The van der Waals surface area contributed by atoms with Gasteiger partial charge in [-0.15, -0.1) is 11.3 Å². The second-order valence-electron chi connectivity index (χ2n) is 8.93. The van der Waals surface area contributed by atoms with Gasteiger partial charge >= 0.3 is 0 Å². The highest BCUT2D eigenvalue weighted by Gasteiger charge is 2.15. The van der Waals surface area contributed by atoms with Crippen LogP contribution >= 0.6 is 22.9 Å². The Morgan fingerprint density at radius 3 is 2.54 bits per heavy atom. The summed E-state index contributed by atoms with van der Waals surface area (Å²) in [5, 5.41) is 0.654. The summed E-state index contributed by atoms with van der Waals surface area (Å²) >= 11 is 7.39. The van der Waals surface area contributed by atoms with E-state index in [1.165, 1.54) is 34.9 Å². The SMILES string of the molecule is COc1cc(-n2cnc3cc(-c4ccc(Cl)cc4)sc3c2=O)ccc1OCC(=O)N(C)CCc1ccccc1. The van der Waals surface area contributed by atoms with Crippen LogP contribution in [0, 0.1) is 0 Å². The molecule has 0 aliphatic carbocycles. The monoisotopic (exact) mass is 559 g/mol. The number of carbonyl (C=O) groups excluding carboxylic acids is 1. The smallest absolute Gasteiger partial charge is 0.275 e. The lowest BCUT2D eigenvalue weighted by molar-refractivity contribution is -0.132. The zero-order valence-corrected chi connectivity index (χ0v) is 23.0. The Hall–Kier alpha value is -4.14. The molecule has 0 atom stereocenters. The van der Waals surface area contributed by atoms with Crippen LogP contribution < -0.4 is 15.0 Å². The molecule has 5 aromatic rings. The van der Waals surface area contributed by atoms with Gasteiger partial charge < -0.3 is 14.4 Å². The number of carbonyl (C=O) groups is 1.